The molecule has 2 N–H and O–H groups in total. The van der Waals surface area contributed by atoms with Crippen molar-refractivity contribution in [1.82, 2.24) is 10.2 Å². The third-order valence-corrected chi connectivity index (χ3v) is 6.55. The zero-order valence-corrected chi connectivity index (χ0v) is 20.7. The minimum Gasteiger partial charge on any atom is -0.368 e. The molecule has 1 atom stereocenters. The summed E-state index contributed by atoms with van der Waals surface area (Å²) in [6.45, 7) is 5.34. The van der Waals surface area contributed by atoms with Crippen LogP contribution in [0.1, 0.15) is 24.1 Å². The van der Waals surface area contributed by atoms with Gasteiger partial charge in [0.1, 0.15) is 6.04 Å². The van der Waals surface area contributed by atoms with Crippen LogP contribution in [0.3, 0.4) is 0 Å². The second-order valence-electron chi connectivity index (χ2n) is 8.70. The summed E-state index contributed by atoms with van der Waals surface area (Å²) in [7, 11) is 0. The monoisotopic (exact) mass is 490 g/mol. The molecule has 0 unspecified atom stereocenters. The Bertz CT molecular complexity index is 1110. The van der Waals surface area contributed by atoms with Gasteiger partial charge < -0.3 is 20.4 Å². The molecule has 182 valence electrons. The van der Waals surface area contributed by atoms with Crippen molar-refractivity contribution in [3.8, 4) is 0 Å². The maximum Gasteiger partial charge on any atom is 0.246 e. The van der Waals surface area contributed by atoms with Crippen LogP contribution in [0.2, 0.25) is 5.02 Å². The van der Waals surface area contributed by atoms with Crippen molar-refractivity contribution < 1.29 is 9.59 Å². The SMILES string of the molecule is CC(=O)N1CCN(c2ccc(NC(=O)[C@H](NCCc3ccc(Cl)cc3)c3ccccc3)cc2)CC1. The third kappa shape index (κ3) is 6.84. The van der Waals surface area contributed by atoms with E-state index in [1.54, 1.807) is 6.92 Å². The van der Waals surface area contributed by atoms with E-state index < -0.39 is 6.04 Å². The maximum absolute atomic E-state index is 13.2. The molecule has 1 saturated heterocycles. The highest BCUT2D eigenvalue weighted by Crippen LogP contribution is 2.21. The summed E-state index contributed by atoms with van der Waals surface area (Å²) in [4.78, 5) is 28.9. The van der Waals surface area contributed by atoms with Gasteiger partial charge in [-0.2, -0.15) is 0 Å². The van der Waals surface area contributed by atoms with Crippen LogP contribution in [-0.2, 0) is 16.0 Å². The van der Waals surface area contributed by atoms with Gasteiger partial charge in [-0.05, 0) is 53.9 Å². The van der Waals surface area contributed by atoms with Crippen LogP contribution in [0.25, 0.3) is 0 Å². The Morgan fingerprint density at radius 2 is 1.54 bits per heavy atom. The predicted molar refractivity (Wildman–Crippen MR) is 142 cm³/mol. The fourth-order valence-corrected chi connectivity index (χ4v) is 4.39. The van der Waals surface area contributed by atoms with E-state index in [9.17, 15) is 9.59 Å². The second kappa shape index (κ2) is 11.9. The Labute approximate surface area is 211 Å². The van der Waals surface area contributed by atoms with Crippen molar-refractivity contribution in [3.05, 3.63) is 95.0 Å². The minimum absolute atomic E-state index is 0.102. The van der Waals surface area contributed by atoms with Gasteiger partial charge >= 0.3 is 0 Å². The largest absolute Gasteiger partial charge is 0.368 e. The summed E-state index contributed by atoms with van der Waals surface area (Å²) < 4.78 is 0. The average Bonchev–Trinajstić information content (AvgIpc) is 2.88. The quantitative estimate of drug-likeness (QED) is 0.487. The molecule has 1 aliphatic heterocycles. The lowest BCUT2D eigenvalue weighted by Gasteiger charge is -2.35. The molecule has 6 nitrogen and oxygen atoms in total. The van der Waals surface area contributed by atoms with Gasteiger partial charge in [-0.15, -0.1) is 0 Å². The van der Waals surface area contributed by atoms with E-state index in [2.05, 4.69) is 15.5 Å². The van der Waals surface area contributed by atoms with Crippen LogP contribution >= 0.6 is 11.6 Å². The Kier molecular flexibility index (Phi) is 8.40. The summed E-state index contributed by atoms with van der Waals surface area (Å²) in [5.41, 5.74) is 3.92. The second-order valence-corrected chi connectivity index (χ2v) is 9.14. The lowest BCUT2D eigenvalue weighted by molar-refractivity contribution is -0.129. The zero-order valence-electron chi connectivity index (χ0n) is 19.9. The van der Waals surface area contributed by atoms with E-state index >= 15 is 0 Å². The average molecular weight is 491 g/mol. The van der Waals surface area contributed by atoms with Crippen LogP contribution in [0.15, 0.2) is 78.9 Å². The molecule has 0 saturated carbocycles. The van der Waals surface area contributed by atoms with E-state index in [1.807, 2.05) is 83.8 Å². The topological polar surface area (TPSA) is 64.7 Å². The van der Waals surface area contributed by atoms with Gasteiger partial charge in [0.2, 0.25) is 11.8 Å². The number of hydrogen-bond acceptors (Lipinski definition) is 4. The van der Waals surface area contributed by atoms with Crippen molar-refractivity contribution in [2.45, 2.75) is 19.4 Å². The fourth-order valence-electron chi connectivity index (χ4n) is 4.27. The van der Waals surface area contributed by atoms with Crippen LogP contribution < -0.4 is 15.5 Å². The number of amides is 2. The van der Waals surface area contributed by atoms with E-state index in [-0.39, 0.29) is 11.8 Å². The number of benzene rings is 3. The zero-order chi connectivity index (χ0) is 24.6. The van der Waals surface area contributed by atoms with Crippen molar-refractivity contribution >= 4 is 34.8 Å². The lowest BCUT2D eigenvalue weighted by Crippen LogP contribution is -2.48. The number of rotatable bonds is 8. The van der Waals surface area contributed by atoms with Crippen molar-refractivity contribution in [1.29, 1.82) is 0 Å². The fraction of sp³-hybridized carbons (Fsp3) is 0.286. The smallest absolute Gasteiger partial charge is 0.246 e. The highest BCUT2D eigenvalue weighted by atomic mass is 35.5. The molecule has 2 amide bonds. The van der Waals surface area contributed by atoms with Gasteiger partial charge in [0, 0.05) is 56.0 Å². The van der Waals surface area contributed by atoms with Gasteiger partial charge in [-0.3, -0.25) is 9.59 Å². The number of halogens is 1. The van der Waals surface area contributed by atoms with E-state index in [0.717, 1.165) is 55.1 Å². The molecule has 0 bridgehead atoms. The number of nitrogens with zero attached hydrogens (tertiary/aromatic N) is 2. The Morgan fingerprint density at radius 1 is 0.886 bits per heavy atom. The lowest BCUT2D eigenvalue weighted by atomic mass is 10.1. The normalized spacial score (nSPS) is 14.5. The molecule has 35 heavy (non-hydrogen) atoms. The van der Waals surface area contributed by atoms with Crippen molar-refractivity contribution in [2.24, 2.45) is 0 Å². The van der Waals surface area contributed by atoms with Crippen LogP contribution in [-0.4, -0.2) is 49.4 Å². The molecule has 3 aromatic rings. The molecule has 1 heterocycles. The first-order valence-corrected chi connectivity index (χ1v) is 12.3. The number of piperazine rings is 1. The number of hydrogen-bond donors (Lipinski definition) is 2. The summed E-state index contributed by atoms with van der Waals surface area (Å²) in [6, 6.07) is 24.9. The first-order valence-electron chi connectivity index (χ1n) is 11.9. The van der Waals surface area contributed by atoms with Crippen LogP contribution in [0.5, 0.6) is 0 Å². The molecule has 4 rings (SSSR count). The molecular formula is C28H31ClN4O2. The molecule has 7 heteroatoms. The molecule has 1 fully saturated rings. The van der Waals surface area contributed by atoms with Crippen LogP contribution in [0, 0.1) is 0 Å². The Hall–Kier alpha value is -3.35. The summed E-state index contributed by atoms with van der Waals surface area (Å²) in [5, 5.41) is 7.18. The third-order valence-electron chi connectivity index (χ3n) is 6.30. The molecule has 0 aromatic heterocycles. The highest BCUT2D eigenvalue weighted by Gasteiger charge is 2.21. The molecule has 0 aliphatic carbocycles. The minimum atomic E-state index is -0.470. The molecule has 1 aliphatic rings. The first kappa shape index (κ1) is 24.8. The van der Waals surface area contributed by atoms with E-state index in [1.165, 1.54) is 0 Å². The maximum atomic E-state index is 13.2. The molecule has 3 aromatic carbocycles. The predicted octanol–water partition coefficient (Wildman–Crippen LogP) is 4.52. The molecular weight excluding hydrogens is 460 g/mol. The number of anilines is 2. The Morgan fingerprint density at radius 3 is 2.17 bits per heavy atom. The highest BCUT2D eigenvalue weighted by molar-refractivity contribution is 6.30. The van der Waals surface area contributed by atoms with Crippen molar-refractivity contribution in [3.63, 3.8) is 0 Å². The van der Waals surface area contributed by atoms with E-state index in [4.69, 9.17) is 11.6 Å². The van der Waals surface area contributed by atoms with Gasteiger partial charge in [-0.25, -0.2) is 0 Å². The standard InChI is InChI=1S/C28H31ClN4O2/c1-21(34)32-17-19-33(20-18-32)26-13-11-25(12-14-26)31-28(35)27(23-5-3-2-4-6-23)30-16-15-22-7-9-24(29)10-8-22/h2-14,27,30H,15-20H2,1H3,(H,31,35)/t27-/m1/s1. The van der Waals surface area contributed by atoms with Gasteiger partial charge in [0.15, 0.2) is 0 Å². The van der Waals surface area contributed by atoms with Gasteiger partial charge in [0.25, 0.3) is 0 Å². The van der Waals surface area contributed by atoms with Crippen LogP contribution in [0.4, 0.5) is 11.4 Å². The first-order chi connectivity index (χ1) is 17.0. The van der Waals surface area contributed by atoms with E-state index in [0.29, 0.717) is 11.6 Å². The number of carbonyl (C=O) groups excluding carboxylic acids is 2. The molecule has 0 spiro atoms. The molecule has 0 radical (unpaired) electrons. The summed E-state index contributed by atoms with van der Waals surface area (Å²) in [6.07, 6.45) is 0.791. The summed E-state index contributed by atoms with van der Waals surface area (Å²) in [5.74, 6) is 0.0209. The number of nitrogens with one attached hydrogen (secondary N) is 2. The summed E-state index contributed by atoms with van der Waals surface area (Å²) >= 11 is 5.98. The number of carbonyl (C=O) groups is 2. The van der Waals surface area contributed by atoms with Gasteiger partial charge in [-0.1, -0.05) is 54.1 Å². The Balaban J connectivity index is 1.37. The van der Waals surface area contributed by atoms with Crippen molar-refractivity contribution in [2.75, 3.05) is 42.9 Å². The van der Waals surface area contributed by atoms with Gasteiger partial charge in [0.05, 0.1) is 0 Å².